The van der Waals surface area contributed by atoms with E-state index in [1.807, 2.05) is 0 Å². The van der Waals surface area contributed by atoms with E-state index < -0.39 is 81.3 Å². The van der Waals surface area contributed by atoms with Crippen LogP contribution in [0.5, 0.6) is 0 Å². The molecule has 0 aromatic rings. The van der Waals surface area contributed by atoms with Crippen molar-refractivity contribution in [3.8, 4) is 0 Å². The fourth-order valence-electron chi connectivity index (χ4n) is 2.66. The molecule has 1 heterocycles. The first-order valence-electron chi connectivity index (χ1n) is 9.36. The third kappa shape index (κ3) is 11.6. The lowest BCUT2D eigenvalue weighted by Gasteiger charge is -2.44. The van der Waals surface area contributed by atoms with Crippen LogP contribution < -0.4 is 5.32 Å². The fourth-order valence-corrected chi connectivity index (χ4v) is 2.96. The summed E-state index contributed by atoms with van der Waals surface area (Å²) >= 11 is 33.7. The number of rotatable bonds is 7. The van der Waals surface area contributed by atoms with Crippen LogP contribution in [-0.2, 0) is 42.8 Å². The van der Waals surface area contributed by atoms with E-state index >= 15 is 0 Å². The van der Waals surface area contributed by atoms with E-state index in [0.29, 0.717) is 0 Å². The number of hydrogen-bond donors (Lipinski definition) is 2. The Labute approximate surface area is 229 Å². The van der Waals surface area contributed by atoms with Gasteiger partial charge in [-0.05, 0) is 0 Å². The normalized spacial score (nSPS) is 24.5. The SMILES string of the molecule is CC(=O)OC[C@H]1O[C@@H](OC(=N)C(Cl)(Cl)Cl)[C@H](NC(=O)OCC(Cl)(Cl)Cl)[C@@H](OC(C)=O)[C@@H]1OC(C)=O. The van der Waals surface area contributed by atoms with E-state index in [4.69, 9.17) is 103 Å². The number of halogens is 6. The van der Waals surface area contributed by atoms with Crippen molar-refractivity contribution in [2.24, 2.45) is 0 Å². The highest BCUT2D eigenvalue weighted by molar-refractivity contribution is 6.76. The molecule has 0 saturated carbocycles. The fraction of sp³-hybridized carbons (Fsp3) is 0.706. The van der Waals surface area contributed by atoms with Crippen molar-refractivity contribution in [2.75, 3.05) is 13.2 Å². The zero-order valence-electron chi connectivity index (χ0n) is 18.2. The molecular formula is C17H20Cl6N2O10. The molecule has 2 N–H and O–H groups in total. The molecule has 200 valence electrons. The van der Waals surface area contributed by atoms with Crippen LogP contribution in [0.4, 0.5) is 4.79 Å². The third-order valence-electron chi connectivity index (χ3n) is 3.84. The molecular weight excluding hydrogens is 605 g/mol. The average molecular weight is 625 g/mol. The molecule has 0 aliphatic carbocycles. The number of esters is 3. The molecule has 12 nitrogen and oxygen atoms in total. The van der Waals surface area contributed by atoms with Gasteiger partial charge in [-0.3, -0.25) is 19.8 Å². The summed E-state index contributed by atoms with van der Waals surface area (Å²) < 4.78 is 26.8. The second kappa shape index (κ2) is 13.4. The maximum Gasteiger partial charge on any atom is 0.407 e. The van der Waals surface area contributed by atoms with Gasteiger partial charge in [0, 0.05) is 20.8 Å². The van der Waals surface area contributed by atoms with Gasteiger partial charge < -0.3 is 33.7 Å². The van der Waals surface area contributed by atoms with Crippen molar-refractivity contribution in [1.29, 1.82) is 5.41 Å². The Bertz CT molecular complexity index is 818. The molecule has 1 aliphatic heterocycles. The molecule has 1 aliphatic rings. The van der Waals surface area contributed by atoms with Crippen LogP contribution >= 0.6 is 69.6 Å². The van der Waals surface area contributed by atoms with Crippen LogP contribution in [0, 0.1) is 5.41 Å². The second-order valence-electron chi connectivity index (χ2n) is 6.80. The van der Waals surface area contributed by atoms with Gasteiger partial charge in [0.1, 0.15) is 25.4 Å². The van der Waals surface area contributed by atoms with E-state index in [9.17, 15) is 19.2 Å². The van der Waals surface area contributed by atoms with Gasteiger partial charge in [-0.15, -0.1) is 0 Å². The van der Waals surface area contributed by atoms with Gasteiger partial charge in [-0.25, -0.2) is 4.79 Å². The summed E-state index contributed by atoms with van der Waals surface area (Å²) in [5.41, 5.74) is 0. The lowest BCUT2D eigenvalue weighted by molar-refractivity contribution is -0.260. The predicted molar refractivity (Wildman–Crippen MR) is 124 cm³/mol. The molecule has 0 radical (unpaired) electrons. The Morgan fingerprint density at radius 3 is 1.86 bits per heavy atom. The van der Waals surface area contributed by atoms with E-state index in [-0.39, 0.29) is 0 Å². The lowest BCUT2D eigenvalue weighted by Crippen LogP contribution is -2.67. The number of amides is 1. The molecule has 0 aromatic carbocycles. The monoisotopic (exact) mass is 622 g/mol. The first-order chi connectivity index (χ1) is 15.9. The summed E-state index contributed by atoms with van der Waals surface area (Å²) in [5.74, 6) is -3.39. The molecule has 18 heteroatoms. The first kappa shape index (κ1) is 31.9. The van der Waals surface area contributed by atoms with Gasteiger partial charge in [-0.2, -0.15) is 0 Å². The van der Waals surface area contributed by atoms with Gasteiger partial charge in [0.05, 0.1) is 0 Å². The molecule has 1 fully saturated rings. The lowest BCUT2D eigenvalue weighted by atomic mass is 9.96. The van der Waals surface area contributed by atoms with Crippen molar-refractivity contribution < 1.29 is 47.6 Å². The first-order valence-corrected chi connectivity index (χ1v) is 11.6. The number of ether oxygens (including phenoxy) is 6. The number of alkyl carbamates (subject to hydrolysis) is 1. The van der Waals surface area contributed by atoms with E-state index in [0.717, 1.165) is 20.8 Å². The summed E-state index contributed by atoms with van der Waals surface area (Å²) in [4.78, 5) is 47.3. The van der Waals surface area contributed by atoms with Crippen LogP contribution in [0.3, 0.4) is 0 Å². The van der Waals surface area contributed by atoms with Crippen LogP contribution in [0.1, 0.15) is 20.8 Å². The quantitative estimate of drug-likeness (QED) is 0.142. The smallest absolute Gasteiger partial charge is 0.407 e. The zero-order valence-corrected chi connectivity index (χ0v) is 22.7. The van der Waals surface area contributed by atoms with Gasteiger partial charge in [0.2, 0.25) is 16.0 Å². The minimum absolute atomic E-state index is 0.517. The minimum atomic E-state index is -2.36. The average Bonchev–Trinajstić information content (AvgIpc) is 2.67. The highest BCUT2D eigenvalue weighted by atomic mass is 35.6. The van der Waals surface area contributed by atoms with Gasteiger partial charge in [0.25, 0.3) is 3.79 Å². The Morgan fingerprint density at radius 2 is 1.40 bits per heavy atom. The molecule has 5 atom stereocenters. The van der Waals surface area contributed by atoms with Crippen molar-refractivity contribution in [3.63, 3.8) is 0 Å². The van der Waals surface area contributed by atoms with Crippen molar-refractivity contribution in [1.82, 2.24) is 5.32 Å². The number of nitrogens with one attached hydrogen (secondary N) is 2. The number of carbonyl (C=O) groups is 4. The predicted octanol–water partition coefficient (Wildman–Crippen LogP) is 2.97. The summed E-state index contributed by atoms with van der Waals surface area (Å²) in [5, 5.41) is 10.1. The Hall–Kier alpha value is -1.15. The van der Waals surface area contributed by atoms with Crippen molar-refractivity contribution >= 4 is 99.5 Å². The van der Waals surface area contributed by atoms with Gasteiger partial charge in [0.15, 0.2) is 12.2 Å². The molecule has 35 heavy (non-hydrogen) atoms. The summed E-state index contributed by atoms with van der Waals surface area (Å²) in [6.45, 7) is 1.97. The van der Waals surface area contributed by atoms with Crippen LogP contribution in [0.2, 0.25) is 0 Å². The van der Waals surface area contributed by atoms with E-state index in [1.54, 1.807) is 0 Å². The highest BCUT2D eigenvalue weighted by Crippen LogP contribution is 2.33. The van der Waals surface area contributed by atoms with Crippen LogP contribution in [0.15, 0.2) is 0 Å². The maximum atomic E-state index is 12.4. The summed E-state index contributed by atoms with van der Waals surface area (Å²) in [6, 6.07) is -1.55. The molecule has 1 saturated heterocycles. The van der Waals surface area contributed by atoms with Crippen molar-refractivity contribution in [2.45, 2.75) is 59.0 Å². The standard InChI is InChI=1S/C17H20Cl6N2O10/c1-6(26)30-4-9-11(32-7(2)27)12(33-8(3)28)10(25-15(29)31-5-16(18,19)20)13(34-9)35-14(24)17(21,22)23/h9-13,24H,4-5H2,1-3H3,(H,25,29)/t9-,10-,11-,12-,13+/m1/s1. The molecule has 0 bridgehead atoms. The maximum absolute atomic E-state index is 12.4. The molecule has 0 spiro atoms. The Kier molecular flexibility index (Phi) is 12.2. The second-order valence-corrected chi connectivity index (χ2v) is 11.6. The largest absolute Gasteiger partial charge is 0.463 e. The number of alkyl halides is 6. The zero-order chi connectivity index (χ0) is 27.1. The molecule has 1 rings (SSSR count). The van der Waals surface area contributed by atoms with Crippen LogP contribution in [-0.4, -0.2) is 81.3 Å². The Morgan fingerprint density at radius 1 is 0.857 bits per heavy atom. The highest BCUT2D eigenvalue weighted by Gasteiger charge is 2.53. The summed E-state index contributed by atoms with van der Waals surface area (Å²) in [6.07, 6.45) is -7.25. The summed E-state index contributed by atoms with van der Waals surface area (Å²) in [7, 11) is 0. The third-order valence-corrected chi connectivity index (χ3v) is 4.69. The topological polar surface area (TPSA) is 160 Å². The molecule has 0 aromatic heterocycles. The molecule has 1 amide bonds. The van der Waals surface area contributed by atoms with Gasteiger partial charge in [-0.1, -0.05) is 69.6 Å². The number of hydrogen-bond acceptors (Lipinski definition) is 11. The minimum Gasteiger partial charge on any atom is -0.463 e. The number of carbonyl (C=O) groups excluding carboxylic acids is 4. The molecule has 0 unspecified atom stereocenters. The van der Waals surface area contributed by atoms with E-state index in [1.165, 1.54) is 0 Å². The Balaban J connectivity index is 3.41. The van der Waals surface area contributed by atoms with Crippen LogP contribution in [0.25, 0.3) is 0 Å². The van der Waals surface area contributed by atoms with Crippen molar-refractivity contribution in [3.05, 3.63) is 0 Å². The van der Waals surface area contributed by atoms with E-state index in [2.05, 4.69) is 5.32 Å². The van der Waals surface area contributed by atoms with Gasteiger partial charge >= 0.3 is 24.0 Å².